The van der Waals surface area contributed by atoms with Crippen LogP contribution in [0.4, 0.5) is 0 Å². The zero-order valence-electron chi connectivity index (χ0n) is 8.10. The molecule has 0 aromatic heterocycles. The van der Waals surface area contributed by atoms with Crippen LogP contribution in [0.2, 0.25) is 0 Å². The molecule has 0 fully saturated rings. The van der Waals surface area contributed by atoms with Crippen molar-refractivity contribution in [3.63, 3.8) is 0 Å². The van der Waals surface area contributed by atoms with Gasteiger partial charge in [0.1, 0.15) is 12.5 Å². The third-order valence-electron chi connectivity index (χ3n) is 1.86. The Hall–Kier alpha value is -1.55. The van der Waals surface area contributed by atoms with Gasteiger partial charge in [-0.1, -0.05) is 12.2 Å². The van der Waals surface area contributed by atoms with E-state index in [9.17, 15) is 0 Å². The first-order chi connectivity index (χ1) is 7.42. The van der Waals surface area contributed by atoms with E-state index < -0.39 is 0 Å². The zero-order chi connectivity index (χ0) is 10.5. The monoisotopic (exact) mass is 221 g/mol. The number of allylic oxidation sites excluding steroid dienone is 3. The Bertz CT molecular complexity index is 376. The summed E-state index contributed by atoms with van der Waals surface area (Å²) in [5, 5.41) is 1.96. The van der Waals surface area contributed by atoms with Crippen molar-refractivity contribution in [1.29, 1.82) is 0 Å². The first-order valence-corrected chi connectivity index (χ1v) is 5.41. The number of hydrogen-bond donors (Lipinski definition) is 1. The summed E-state index contributed by atoms with van der Waals surface area (Å²) in [6, 6.07) is 0. The summed E-state index contributed by atoms with van der Waals surface area (Å²) in [5.41, 5.74) is 0.906. The van der Waals surface area contributed by atoms with Gasteiger partial charge in [-0.25, -0.2) is 0 Å². The SMILES string of the molecule is C=CCC1=C(C2=CC=CSN2)OC=CO1. The normalized spacial score (nSPS) is 18.8. The highest BCUT2D eigenvalue weighted by atomic mass is 32.2. The van der Waals surface area contributed by atoms with Crippen LogP contribution in [0.5, 0.6) is 0 Å². The van der Waals surface area contributed by atoms with Crippen LogP contribution >= 0.6 is 11.9 Å². The molecule has 78 valence electrons. The highest BCUT2D eigenvalue weighted by molar-refractivity contribution is 8.00. The van der Waals surface area contributed by atoms with E-state index in [2.05, 4.69) is 11.3 Å². The molecule has 0 aromatic rings. The summed E-state index contributed by atoms with van der Waals surface area (Å²) in [6.45, 7) is 3.68. The number of rotatable bonds is 3. The summed E-state index contributed by atoms with van der Waals surface area (Å²) in [6.07, 6.45) is 9.37. The molecule has 4 heteroatoms. The molecule has 0 unspecified atom stereocenters. The quantitative estimate of drug-likeness (QED) is 0.586. The molecule has 0 aliphatic carbocycles. The Kier molecular flexibility index (Phi) is 3.19. The molecule has 0 atom stereocenters. The maximum atomic E-state index is 5.43. The average molecular weight is 221 g/mol. The van der Waals surface area contributed by atoms with Crippen LogP contribution in [-0.4, -0.2) is 0 Å². The van der Waals surface area contributed by atoms with Gasteiger partial charge in [0.15, 0.2) is 11.5 Å². The van der Waals surface area contributed by atoms with Crippen molar-refractivity contribution >= 4 is 11.9 Å². The van der Waals surface area contributed by atoms with Gasteiger partial charge in [-0.3, -0.25) is 0 Å². The number of nitrogens with one attached hydrogen (secondary N) is 1. The second kappa shape index (κ2) is 4.79. The second-order valence-corrected chi connectivity index (χ2v) is 3.59. The van der Waals surface area contributed by atoms with Crippen molar-refractivity contribution in [2.75, 3.05) is 0 Å². The van der Waals surface area contributed by atoms with Gasteiger partial charge in [0.05, 0.1) is 5.70 Å². The minimum absolute atomic E-state index is 0.646. The topological polar surface area (TPSA) is 30.5 Å². The van der Waals surface area contributed by atoms with Gasteiger partial charge in [-0.15, -0.1) is 6.58 Å². The van der Waals surface area contributed by atoms with Crippen molar-refractivity contribution < 1.29 is 9.47 Å². The van der Waals surface area contributed by atoms with Crippen LogP contribution in [0.25, 0.3) is 0 Å². The first kappa shape index (κ1) is 9.98. The molecule has 1 N–H and O–H groups in total. The highest BCUT2D eigenvalue weighted by Gasteiger charge is 2.16. The fourth-order valence-electron chi connectivity index (χ4n) is 1.24. The molecule has 0 bridgehead atoms. The van der Waals surface area contributed by atoms with E-state index in [0.29, 0.717) is 12.2 Å². The fourth-order valence-corrected chi connectivity index (χ4v) is 1.75. The molecule has 2 aliphatic rings. The molecular formula is C11H11NO2S. The molecular weight excluding hydrogens is 210 g/mol. The Morgan fingerprint density at radius 3 is 3.00 bits per heavy atom. The van der Waals surface area contributed by atoms with E-state index in [1.54, 1.807) is 6.08 Å². The third kappa shape index (κ3) is 2.27. The lowest BCUT2D eigenvalue weighted by atomic mass is 10.2. The molecule has 0 amide bonds. The molecule has 2 rings (SSSR count). The Labute approximate surface area is 93.0 Å². The van der Waals surface area contributed by atoms with Crippen molar-refractivity contribution in [2.24, 2.45) is 0 Å². The van der Waals surface area contributed by atoms with E-state index in [1.807, 2.05) is 17.6 Å². The molecule has 0 radical (unpaired) electrons. The maximum absolute atomic E-state index is 5.43. The first-order valence-electron chi connectivity index (χ1n) is 4.53. The minimum Gasteiger partial charge on any atom is -0.462 e. The molecule has 2 aliphatic heterocycles. The van der Waals surface area contributed by atoms with E-state index in [1.165, 1.54) is 24.5 Å². The number of ether oxygens (including phenoxy) is 2. The lowest BCUT2D eigenvalue weighted by Gasteiger charge is -2.19. The lowest BCUT2D eigenvalue weighted by molar-refractivity contribution is 0.228. The lowest BCUT2D eigenvalue weighted by Crippen LogP contribution is -2.12. The van der Waals surface area contributed by atoms with Crippen molar-refractivity contribution in [1.82, 2.24) is 4.72 Å². The predicted octanol–water partition coefficient (Wildman–Crippen LogP) is 2.94. The van der Waals surface area contributed by atoms with E-state index in [4.69, 9.17) is 9.47 Å². The predicted molar refractivity (Wildman–Crippen MR) is 61.1 cm³/mol. The molecule has 0 saturated heterocycles. The standard InChI is InChI=1S/C11H11NO2S/c1-2-4-10-11(14-7-6-13-10)9-5-3-8-15-12-9/h2-3,5-8,12H,1,4H2. The second-order valence-electron chi connectivity index (χ2n) is 2.88. The summed E-state index contributed by atoms with van der Waals surface area (Å²) in [7, 11) is 0. The largest absolute Gasteiger partial charge is 0.462 e. The van der Waals surface area contributed by atoms with Crippen LogP contribution < -0.4 is 4.72 Å². The Balaban J connectivity index is 2.26. The molecule has 15 heavy (non-hydrogen) atoms. The molecule has 3 nitrogen and oxygen atoms in total. The summed E-state index contributed by atoms with van der Waals surface area (Å²) >= 11 is 1.50. The van der Waals surface area contributed by atoms with Gasteiger partial charge < -0.3 is 14.2 Å². The average Bonchev–Trinajstić information content (AvgIpc) is 2.31. The van der Waals surface area contributed by atoms with Gasteiger partial charge in [0, 0.05) is 6.42 Å². The van der Waals surface area contributed by atoms with Crippen LogP contribution in [0.1, 0.15) is 6.42 Å². The Morgan fingerprint density at radius 1 is 1.40 bits per heavy atom. The zero-order valence-corrected chi connectivity index (χ0v) is 8.92. The van der Waals surface area contributed by atoms with E-state index in [-0.39, 0.29) is 0 Å². The van der Waals surface area contributed by atoms with Crippen LogP contribution in [0.15, 0.2) is 60.0 Å². The van der Waals surface area contributed by atoms with Crippen molar-refractivity contribution in [3.8, 4) is 0 Å². The summed E-state index contributed by atoms with van der Waals surface area (Å²) < 4.78 is 13.9. The van der Waals surface area contributed by atoms with E-state index >= 15 is 0 Å². The van der Waals surface area contributed by atoms with Gasteiger partial charge in [-0.2, -0.15) is 0 Å². The number of hydrogen-bond acceptors (Lipinski definition) is 4. The van der Waals surface area contributed by atoms with Gasteiger partial charge in [0.25, 0.3) is 0 Å². The van der Waals surface area contributed by atoms with Crippen molar-refractivity contribution in [2.45, 2.75) is 6.42 Å². The van der Waals surface area contributed by atoms with Crippen LogP contribution in [0, 0.1) is 0 Å². The smallest absolute Gasteiger partial charge is 0.189 e. The van der Waals surface area contributed by atoms with Gasteiger partial charge >= 0.3 is 0 Å². The van der Waals surface area contributed by atoms with E-state index in [0.717, 1.165) is 11.5 Å². The fraction of sp³-hybridized carbons (Fsp3) is 0.0909. The van der Waals surface area contributed by atoms with Gasteiger partial charge in [-0.05, 0) is 23.4 Å². The minimum atomic E-state index is 0.646. The molecule has 0 spiro atoms. The highest BCUT2D eigenvalue weighted by Crippen LogP contribution is 2.25. The summed E-state index contributed by atoms with van der Waals surface area (Å²) in [4.78, 5) is 0. The molecule has 0 aromatic carbocycles. The Morgan fingerprint density at radius 2 is 2.27 bits per heavy atom. The van der Waals surface area contributed by atoms with Gasteiger partial charge in [0.2, 0.25) is 0 Å². The molecule has 2 heterocycles. The molecule has 0 saturated carbocycles. The maximum Gasteiger partial charge on any atom is 0.189 e. The third-order valence-corrected chi connectivity index (χ3v) is 2.49. The van der Waals surface area contributed by atoms with Crippen molar-refractivity contribution in [3.05, 3.63) is 60.0 Å². The van der Waals surface area contributed by atoms with Crippen LogP contribution in [0.3, 0.4) is 0 Å². The summed E-state index contributed by atoms with van der Waals surface area (Å²) in [5.74, 6) is 1.48. The van der Waals surface area contributed by atoms with Crippen LogP contribution in [-0.2, 0) is 9.47 Å².